The molecule has 0 aliphatic carbocycles. The third-order valence-electron chi connectivity index (χ3n) is 7.30. The Bertz CT molecular complexity index is 1740. The molecular formula is C23H36N8O18P2. The molecule has 286 valence electrons. The van der Waals surface area contributed by atoms with Crippen LogP contribution in [0.4, 0.5) is 5.82 Å². The summed E-state index contributed by atoms with van der Waals surface area (Å²) in [6.07, 6.45) is -15.6. The van der Waals surface area contributed by atoms with Gasteiger partial charge in [0.05, 0.1) is 38.1 Å². The molecule has 0 radical (unpaired) electrons. The summed E-state index contributed by atoms with van der Waals surface area (Å²) in [5.41, 5.74) is 10.1. The van der Waals surface area contributed by atoms with Crippen molar-refractivity contribution in [1.82, 2.24) is 30.5 Å². The highest BCUT2D eigenvalue weighted by Gasteiger charge is 2.50. The summed E-state index contributed by atoms with van der Waals surface area (Å²) in [6, 6.07) is 1.30. The van der Waals surface area contributed by atoms with Gasteiger partial charge in [-0.3, -0.25) is 28.2 Å². The van der Waals surface area contributed by atoms with Crippen LogP contribution in [0.25, 0.3) is 11.0 Å². The van der Waals surface area contributed by atoms with Crippen molar-refractivity contribution in [3.05, 3.63) is 22.7 Å². The number of aromatic nitrogens is 3. The summed E-state index contributed by atoms with van der Waals surface area (Å²) in [7, 11) is -11.3. The van der Waals surface area contributed by atoms with Crippen molar-refractivity contribution < 1.29 is 81.7 Å². The lowest BCUT2D eigenvalue weighted by Gasteiger charge is -2.40. The number of phosphoric acid groups is 2. The molecule has 26 nitrogen and oxygen atoms in total. The normalized spacial score (nSPS) is 30.3. The Morgan fingerprint density at radius 1 is 0.902 bits per heavy atom. The van der Waals surface area contributed by atoms with Gasteiger partial charge in [-0.05, 0) is 0 Å². The number of imidazole rings is 1. The number of pyridine rings is 1. The molecule has 2 aromatic rings. The zero-order valence-corrected chi connectivity index (χ0v) is 27.7. The van der Waals surface area contributed by atoms with E-state index in [9.17, 15) is 63.6 Å². The minimum absolute atomic E-state index is 0.0539. The molecule has 28 heteroatoms. The van der Waals surface area contributed by atoms with Gasteiger partial charge in [0.1, 0.15) is 48.5 Å². The first-order chi connectivity index (χ1) is 23.8. The highest BCUT2D eigenvalue weighted by atomic mass is 31.3. The monoisotopic (exact) mass is 774 g/mol. The molecule has 0 spiro atoms. The predicted molar refractivity (Wildman–Crippen MR) is 163 cm³/mol. The number of aromatic amines is 1. The lowest BCUT2D eigenvalue weighted by molar-refractivity contribution is -0.273. The van der Waals surface area contributed by atoms with E-state index in [-0.39, 0.29) is 23.4 Å². The number of anilines is 1. The first-order valence-electron chi connectivity index (χ1n) is 14.6. The molecule has 7 unspecified atom stereocenters. The van der Waals surface area contributed by atoms with E-state index in [1.54, 1.807) is 0 Å². The average molecular weight is 775 g/mol. The van der Waals surface area contributed by atoms with Crippen molar-refractivity contribution in [2.24, 2.45) is 5.73 Å². The summed E-state index contributed by atoms with van der Waals surface area (Å²) in [5.74, 6) is -2.28. The number of aliphatic hydroxyl groups is 5. The van der Waals surface area contributed by atoms with Crippen molar-refractivity contribution in [2.45, 2.75) is 55.2 Å². The van der Waals surface area contributed by atoms with E-state index in [1.807, 2.05) is 0 Å². The van der Waals surface area contributed by atoms with Gasteiger partial charge in [0.25, 0.3) is 5.56 Å². The first-order valence-corrected chi connectivity index (χ1v) is 17.6. The van der Waals surface area contributed by atoms with E-state index in [4.69, 9.17) is 20.9 Å². The maximum Gasteiger partial charge on any atom is 0.483 e. The van der Waals surface area contributed by atoms with Crippen LogP contribution >= 0.6 is 15.6 Å². The van der Waals surface area contributed by atoms with Crippen molar-refractivity contribution >= 4 is 50.2 Å². The van der Waals surface area contributed by atoms with Gasteiger partial charge in [-0.1, -0.05) is 0 Å². The standard InChI is InChI=1S/C23H36N8O18P2/c24-2-12(32)27-4-14(34)28-5-13(33)26-3-9-16(35)18(37)20(39)23(47-9)48-51(43,44)49-50(41,42)45-6-10-17(36)19(38)22(46-10)31-7-29-15-8(31)1-11(25)30-21(15)40/h1,7,9-10,16-20,22-23,35-39H,2-6,24H2,(H,26,33)(H,27,32)(H,28,34)(H,41,42)(H,43,44)(H3,25,30,40)/t9?,10-,16-,17?,18?,19?,20?,22-,23-/m1/s1. The van der Waals surface area contributed by atoms with Gasteiger partial charge in [0.2, 0.25) is 17.7 Å². The van der Waals surface area contributed by atoms with Crippen LogP contribution in [0.3, 0.4) is 0 Å². The second kappa shape index (κ2) is 16.5. The molecule has 2 aliphatic heterocycles. The lowest BCUT2D eigenvalue weighted by Crippen LogP contribution is -2.60. The number of ether oxygens (including phenoxy) is 2. The van der Waals surface area contributed by atoms with Gasteiger partial charge < -0.3 is 81.8 Å². The third kappa shape index (κ3) is 10.1. The maximum absolute atomic E-state index is 12.6. The van der Waals surface area contributed by atoms with Gasteiger partial charge in [0, 0.05) is 12.6 Å². The van der Waals surface area contributed by atoms with Crippen LogP contribution < -0.4 is 33.0 Å². The smallest absolute Gasteiger partial charge is 0.388 e. The fraction of sp³-hybridized carbons (Fsp3) is 0.609. The largest absolute Gasteiger partial charge is 0.483 e. The number of aliphatic hydroxyl groups excluding tert-OH is 5. The van der Waals surface area contributed by atoms with E-state index >= 15 is 0 Å². The number of nitrogens with one attached hydrogen (secondary N) is 4. The molecule has 2 fully saturated rings. The molecule has 0 aromatic carbocycles. The highest BCUT2D eigenvalue weighted by molar-refractivity contribution is 7.61. The molecule has 0 saturated carbocycles. The Labute approximate surface area is 284 Å². The molecule has 0 bridgehead atoms. The summed E-state index contributed by atoms with van der Waals surface area (Å²) in [4.78, 5) is 73.5. The van der Waals surface area contributed by atoms with E-state index in [1.165, 1.54) is 6.07 Å². The van der Waals surface area contributed by atoms with Crippen LogP contribution in [-0.2, 0) is 46.3 Å². The molecule has 4 rings (SSSR count). The Morgan fingerprint density at radius 3 is 2.20 bits per heavy atom. The molecule has 11 atom stereocenters. The Morgan fingerprint density at radius 2 is 1.53 bits per heavy atom. The number of nitrogens with two attached hydrogens (primary N) is 2. The van der Waals surface area contributed by atoms with Crippen LogP contribution in [0.5, 0.6) is 0 Å². The number of H-pyrrole nitrogens is 1. The van der Waals surface area contributed by atoms with E-state index in [0.29, 0.717) is 0 Å². The number of nitrogens with zero attached hydrogens (tertiary/aromatic N) is 2. The topological polar surface area (TPSA) is 412 Å². The van der Waals surface area contributed by atoms with Gasteiger partial charge in [-0.15, -0.1) is 0 Å². The maximum atomic E-state index is 12.6. The number of phosphoric ester groups is 2. The number of carbonyl (C=O) groups is 3. The Hall–Kier alpha value is -3.43. The number of amides is 3. The van der Waals surface area contributed by atoms with Crippen molar-refractivity contribution in [3.63, 3.8) is 0 Å². The number of nitrogen functional groups attached to an aromatic ring is 1. The molecule has 2 aromatic heterocycles. The SMILES string of the molecule is NCC(=O)NCC(=O)NCC(=O)NCC1O[C@H](OP(=O)(O)OP(=O)(O)OC[C@H]2O[C@@H](n3cnc4c(=O)[nH]c(N)cc43)C(O)C2O)C(O)C(O)[C@@H]1O. The fourth-order valence-electron chi connectivity index (χ4n) is 4.78. The highest BCUT2D eigenvalue weighted by Crippen LogP contribution is 2.61. The Balaban J connectivity index is 1.30. The summed E-state index contributed by atoms with van der Waals surface area (Å²) in [5, 5.41) is 58.2. The summed E-state index contributed by atoms with van der Waals surface area (Å²) < 4.78 is 50.5. The first kappa shape index (κ1) is 40.3. The second-order valence-electron chi connectivity index (χ2n) is 11.0. The molecule has 15 N–H and O–H groups in total. The zero-order valence-electron chi connectivity index (χ0n) is 26.0. The van der Waals surface area contributed by atoms with Gasteiger partial charge in [-0.2, -0.15) is 4.31 Å². The average Bonchev–Trinajstić information content (AvgIpc) is 3.60. The number of rotatable bonds is 15. The quantitative estimate of drug-likeness (QED) is 0.0748. The number of hydrogen-bond donors (Lipinski definition) is 13. The number of hydrogen-bond acceptors (Lipinski definition) is 19. The van der Waals surface area contributed by atoms with Crippen molar-refractivity contribution in [3.8, 4) is 0 Å². The summed E-state index contributed by atoms with van der Waals surface area (Å²) >= 11 is 0. The lowest BCUT2D eigenvalue weighted by atomic mass is 9.99. The minimum Gasteiger partial charge on any atom is -0.388 e. The number of carbonyl (C=O) groups excluding carboxylic acids is 3. The zero-order chi connectivity index (χ0) is 37.8. The predicted octanol–water partition coefficient (Wildman–Crippen LogP) is -6.71. The van der Waals surface area contributed by atoms with E-state index in [0.717, 1.165) is 10.9 Å². The molecule has 2 saturated heterocycles. The molecule has 2 aliphatic rings. The Kier molecular flexibility index (Phi) is 13.0. The molecular weight excluding hydrogens is 738 g/mol. The van der Waals surface area contributed by atoms with Crippen molar-refractivity contribution in [2.75, 3.05) is 38.5 Å². The van der Waals surface area contributed by atoms with Crippen LogP contribution in [0.2, 0.25) is 0 Å². The molecule has 3 amide bonds. The van der Waals surface area contributed by atoms with Gasteiger partial charge >= 0.3 is 15.6 Å². The second-order valence-corrected chi connectivity index (χ2v) is 14.0. The van der Waals surface area contributed by atoms with Crippen LogP contribution in [-0.4, -0.2) is 149 Å². The van der Waals surface area contributed by atoms with Crippen molar-refractivity contribution in [1.29, 1.82) is 0 Å². The third-order valence-corrected chi connectivity index (χ3v) is 9.90. The van der Waals surface area contributed by atoms with Crippen LogP contribution in [0.1, 0.15) is 6.23 Å². The van der Waals surface area contributed by atoms with Gasteiger partial charge in [0.15, 0.2) is 18.0 Å². The van der Waals surface area contributed by atoms with Crippen LogP contribution in [0.15, 0.2) is 17.2 Å². The van der Waals surface area contributed by atoms with E-state index in [2.05, 4.69) is 39.3 Å². The minimum atomic E-state index is -5.74. The molecule has 51 heavy (non-hydrogen) atoms. The molecule has 4 heterocycles. The van der Waals surface area contributed by atoms with Crippen LogP contribution in [0, 0.1) is 0 Å². The van der Waals surface area contributed by atoms with Gasteiger partial charge in [-0.25, -0.2) is 14.1 Å². The van der Waals surface area contributed by atoms with E-state index < -0.39 is 120 Å². The number of fused-ring (bicyclic) bond motifs is 1. The summed E-state index contributed by atoms with van der Waals surface area (Å²) in [6.45, 7) is -3.12. The fourth-order valence-corrected chi connectivity index (χ4v) is 6.93.